The number of benzene rings is 2. The number of hydrazine groups is 1. The van der Waals surface area contributed by atoms with E-state index in [0.29, 0.717) is 15.6 Å². The topological polar surface area (TPSA) is 101 Å². The first-order valence-corrected chi connectivity index (χ1v) is 13.3. The molecule has 0 aromatic heterocycles. The molecule has 0 N–H and O–H groups in total. The third kappa shape index (κ3) is 3.48. The number of carbonyl (C=O) groups excluding carboxylic acids is 3. The van der Waals surface area contributed by atoms with Crippen LogP contribution in [0.3, 0.4) is 0 Å². The van der Waals surface area contributed by atoms with Crippen molar-refractivity contribution in [2.45, 2.75) is 20.6 Å². The minimum absolute atomic E-state index is 0.159. The molecule has 1 saturated carbocycles. The molecular formula is C23H12Cl7N3O5. The largest absolute Gasteiger partial charge is 0.273 e. The Morgan fingerprint density at radius 1 is 0.921 bits per heavy atom. The van der Waals surface area contributed by atoms with E-state index in [2.05, 4.69) is 0 Å². The van der Waals surface area contributed by atoms with E-state index in [4.69, 9.17) is 81.2 Å². The second kappa shape index (κ2) is 9.13. The third-order valence-corrected chi connectivity index (χ3v) is 11.4. The fourth-order valence-corrected chi connectivity index (χ4v) is 8.17. The minimum atomic E-state index is -2.14. The van der Waals surface area contributed by atoms with Crippen LogP contribution in [0.5, 0.6) is 0 Å². The minimum Gasteiger partial charge on any atom is -0.272 e. The van der Waals surface area contributed by atoms with Crippen molar-refractivity contribution < 1.29 is 19.3 Å². The average Bonchev–Trinajstić information content (AvgIpc) is 3.26. The van der Waals surface area contributed by atoms with Gasteiger partial charge in [0.1, 0.15) is 9.75 Å². The number of halogens is 7. The molecule has 8 nitrogen and oxygen atoms in total. The van der Waals surface area contributed by atoms with Gasteiger partial charge in [-0.3, -0.25) is 24.5 Å². The van der Waals surface area contributed by atoms with Gasteiger partial charge >= 0.3 is 0 Å². The zero-order chi connectivity index (χ0) is 27.9. The highest BCUT2D eigenvalue weighted by molar-refractivity contribution is 6.66. The van der Waals surface area contributed by atoms with Gasteiger partial charge in [-0.15, -0.1) is 23.2 Å². The predicted molar refractivity (Wildman–Crippen MR) is 144 cm³/mol. The zero-order valence-corrected chi connectivity index (χ0v) is 23.8. The molecule has 38 heavy (non-hydrogen) atoms. The molecule has 2 aromatic carbocycles. The molecule has 198 valence electrons. The number of nitro groups is 1. The second-order valence-electron chi connectivity index (χ2n) is 8.87. The lowest BCUT2D eigenvalue weighted by Gasteiger charge is -2.37. The van der Waals surface area contributed by atoms with Crippen LogP contribution in [-0.4, -0.2) is 46.7 Å². The van der Waals surface area contributed by atoms with Crippen LogP contribution in [0.15, 0.2) is 58.6 Å². The van der Waals surface area contributed by atoms with Gasteiger partial charge in [0, 0.05) is 22.7 Å². The van der Waals surface area contributed by atoms with E-state index in [0.717, 1.165) is 11.1 Å². The summed E-state index contributed by atoms with van der Waals surface area (Å²) >= 11 is 45.3. The molecule has 5 rings (SSSR count). The van der Waals surface area contributed by atoms with E-state index >= 15 is 0 Å². The first-order chi connectivity index (χ1) is 17.7. The van der Waals surface area contributed by atoms with Crippen molar-refractivity contribution in [3.05, 3.63) is 84.9 Å². The number of hydrogen-bond donors (Lipinski definition) is 0. The summed E-state index contributed by atoms with van der Waals surface area (Å²) in [6.45, 7) is -0.304. The zero-order valence-electron chi connectivity index (χ0n) is 18.5. The molecule has 2 fully saturated rings. The van der Waals surface area contributed by atoms with Gasteiger partial charge in [0.25, 0.3) is 23.4 Å². The molecule has 0 spiro atoms. The molecule has 2 aliphatic carbocycles. The molecule has 15 heteroatoms. The van der Waals surface area contributed by atoms with Crippen LogP contribution in [-0.2, 0) is 16.1 Å². The summed E-state index contributed by atoms with van der Waals surface area (Å²) in [5, 5.41) is 12.6. The van der Waals surface area contributed by atoms with Crippen molar-refractivity contribution >= 4 is 105 Å². The number of nitrogens with zero attached hydrogens (tertiary/aromatic N) is 3. The molecular weight excluding hydrogens is 646 g/mol. The summed E-state index contributed by atoms with van der Waals surface area (Å²) in [7, 11) is 0. The summed E-state index contributed by atoms with van der Waals surface area (Å²) in [5.74, 6) is -5.72. The molecule has 1 aliphatic heterocycles. The summed E-state index contributed by atoms with van der Waals surface area (Å²) in [4.78, 5) is 48.0. The van der Waals surface area contributed by atoms with E-state index in [1.807, 2.05) is 0 Å². The van der Waals surface area contributed by atoms with Gasteiger partial charge in [0.2, 0.25) is 0 Å². The van der Waals surface area contributed by atoms with Gasteiger partial charge in [0.15, 0.2) is 4.33 Å². The SMILES string of the molecule is O=C(c1cccc([N+](=O)[O-])c1)N(Cc1ccc(Cl)cc1)N1C(=O)[C@@H]2[C@H](C1=O)[C@@]1(Cl)C(Cl)=C(Cl)[C@@]2(Cl)C1(Cl)Cl. The van der Waals surface area contributed by atoms with E-state index in [-0.39, 0.29) is 27.9 Å². The van der Waals surface area contributed by atoms with Crippen LogP contribution in [0.25, 0.3) is 0 Å². The Kier molecular flexibility index (Phi) is 6.67. The van der Waals surface area contributed by atoms with Gasteiger partial charge < -0.3 is 0 Å². The number of amides is 3. The molecule has 3 amide bonds. The molecule has 0 radical (unpaired) electrons. The Balaban J connectivity index is 1.62. The summed E-state index contributed by atoms with van der Waals surface area (Å²) < 4.78 is -2.14. The van der Waals surface area contributed by atoms with Gasteiger partial charge in [-0.25, -0.2) is 5.01 Å². The summed E-state index contributed by atoms with van der Waals surface area (Å²) in [6, 6.07) is 11.1. The number of alkyl halides is 4. The van der Waals surface area contributed by atoms with Crippen LogP contribution in [0.1, 0.15) is 15.9 Å². The van der Waals surface area contributed by atoms with Crippen LogP contribution in [0.2, 0.25) is 5.02 Å². The van der Waals surface area contributed by atoms with Gasteiger partial charge in [-0.1, -0.05) is 76.2 Å². The molecule has 2 aromatic rings. The molecule has 3 aliphatic rings. The highest BCUT2D eigenvalue weighted by atomic mass is 35.5. The fourth-order valence-electron chi connectivity index (χ4n) is 5.12. The van der Waals surface area contributed by atoms with Gasteiger partial charge in [-0.2, -0.15) is 5.01 Å². The maximum absolute atomic E-state index is 13.9. The number of hydrogen-bond acceptors (Lipinski definition) is 5. The van der Waals surface area contributed by atoms with Crippen molar-refractivity contribution in [1.82, 2.24) is 10.0 Å². The number of nitro benzene ring substituents is 1. The molecule has 1 saturated heterocycles. The highest BCUT2D eigenvalue weighted by Crippen LogP contribution is 2.77. The predicted octanol–water partition coefficient (Wildman–Crippen LogP) is 6.25. The maximum atomic E-state index is 13.9. The monoisotopic (exact) mass is 655 g/mol. The fraction of sp³-hybridized carbons (Fsp3) is 0.261. The van der Waals surface area contributed by atoms with E-state index < -0.39 is 48.6 Å². The lowest BCUT2D eigenvalue weighted by atomic mass is 9.84. The summed E-state index contributed by atoms with van der Waals surface area (Å²) in [6.07, 6.45) is 0. The first kappa shape index (κ1) is 27.8. The Labute approximate surface area is 250 Å². The van der Waals surface area contributed by atoms with Crippen molar-refractivity contribution in [1.29, 1.82) is 0 Å². The number of fused-ring (bicyclic) bond motifs is 5. The molecule has 1 heterocycles. The van der Waals surface area contributed by atoms with Crippen LogP contribution >= 0.6 is 81.2 Å². The second-order valence-corrected chi connectivity index (χ2v) is 12.6. The number of carbonyl (C=O) groups is 3. The van der Waals surface area contributed by atoms with Crippen molar-refractivity contribution in [3.8, 4) is 0 Å². The first-order valence-electron chi connectivity index (χ1n) is 10.7. The Hall–Kier alpha value is -1.78. The van der Waals surface area contributed by atoms with Crippen LogP contribution in [0.4, 0.5) is 5.69 Å². The quantitative estimate of drug-likeness (QED) is 0.164. The van der Waals surface area contributed by atoms with Crippen LogP contribution in [0, 0.1) is 22.0 Å². The number of imide groups is 1. The van der Waals surface area contributed by atoms with E-state index in [9.17, 15) is 24.5 Å². The van der Waals surface area contributed by atoms with Crippen LogP contribution < -0.4 is 0 Å². The lowest BCUT2D eigenvalue weighted by Crippen LogP contribution is -2.55. The summed E-state index contributed by atoms with van der Waals surface area (Å²) in [5.41, 5.74) is -0.0473. The van der Waals surface area contributed by atoms with Crippen molar-refractivity contribution in [3.63, 3.8) is 0 Å². The average molecular weight is 659 g/mol. The smallest absolute Gasteiger partial charge is 0.272 e. The van der Waals surface area contributed by atoms with E-state index in [1.54, 1.807) is 24.3 Å². The highest BCUT2D eigenvalue weighted by Gasteiger charge is 2.88. The Bertz CT molecular complexity index is 1420. The standard InChI is InChI=1S/C23H12Cl7N3O5/c24-12-6-4-10(5-7-12)9-31(18(34)11-2-1-3-13(8-11)33(37)38)32-19(35)14-15(20(32)36)22(28)17(26)16(25)21(14,27)23(22,29)30/h1-8,14-15H,9H2/t14-,15+,21-,22-/m1/s1. The van der Waals surface area contributed by atoms with E-state index in [1.165, 1.54) is 18.2 Å². The number of rotatable bonds is 5. The third-order valence-electron chi connectivity index (χ3n) is 6.91. The molecule has 0 unspecified atom stereocenters. The number of allylic oxidation sites excluding steroid dienone is 2. The maximum Gasteiger partial charge on any atom is 0.273 e. The molecule has 4 atom stereocenters. The Morgan fingerprint density at radius 2 is 1.45 bits per heavy atom. The van der Waals surface area contributed by atoms with Crippen molar-refractivity contribution in [2.24, 2.45) is 11.8 Å². The Morgan fingerprint density at radius 3 is 1.95 bits per heavy atom. The van der Waals surface area contributed by atoms with Gasteiger partial charge in [-0.05, 0) is 23.8 Å². The lowest BCUT2D eigenvalue weighted by molar-refractivity contribution is -0.384. The van der Waals surface area contributed by atoms with Crippen molar-refractivity contribution in [2.75, 3.05) is 0 Å². The molecule has 2 bridgehead atoms. The van der Waals surface area contributed by atoms with Gasteiger partial charge in [0.05, 0.1) is 33.4 Å². The normalized spacial score (nSPS) is 29.2. The number of non-ortho nitro benzene ring substituents is 1.